The lowest BCUT2D eigenvalue weighted by Gasteiger charge is -2.33. The quantitative estimate of drug-likeness (QED) is 0.508. The highest BCUT2D eigenvalue weighted by Gasteiger charge is 2.26. The molecule has 7 nitrogen and oxygen atoms in total. The van der Waals surface area contributed by atoms with Crippen LogP contribution in [-0.4, -0.2) is 50.9 Å². The van der Waals surface area contributed by atoms with Gasteiger partial charge in [-0.1, -0.05) is 30.3 Å². The molecule has 1 atom stereocenters. The molecule has 0 unspecified atom stereocenters. The number of carbonyl (C=O) groups is 1. The van der Waals surface area contributed by atoms with Crippen molar-refractivity contribution in [3.63, 3.8) is 0 Å². The van der Waals surface area contributed by atoms with E-state index in [9.17, 15) is 17.6 Å². The highest BCUT2D eigenvalue weighted by atomic mass is 32.2. The molecule has 0 aliphatic carbocycles. The van der Waals surface area contributed by atoms with E-state index < -0.39 is 21.2 Å². The maximum absolute atomic E-state index is 14.2. The molecule has 0 saturated carbocycles. The summed E-state index contributed by atoms with van der Waals surface area (Å²) in [5.74, 6) is -0.210. The third kappa shape index (κ3) is 8.50. The minimum Gasteiger partial charge on any atom is -0.490 e. The minimum atomic E-state index is -3.47. The summed E-state index contributed by atoms with van der Waals surface area (Å²) in [6.07, 6.45) is 4.83. The van der Waals surface area contributed by atoms with Gasteiger partial charge in [0.15, 0.2) is 21.4 Å². The number of hydrogen-bond acceptors (Lipinski definition) is 6. The highest BCUT2D eigenvalue weighted by Crippen LogP contribution is 2.27. The molecule has 1 heterocycles. The lowest BCUT2D eigenvalue weighted by Crippen LogP contribution is -2.41. The van der Waals surface area contributed by atoms with E-state index in [2.05, 4.69) is 0 Å². The Kier molecular flexibility index (Phi) is 9.13. The molecule has 192 valence electrons. The normalized spacial score (nSPS) is 16.5. The molecule has 1 saturated heterocycles. The van der Waals surface area contributed by atoms with Crippen LogP contribution in [0.5, 0.6) is 5.75 Å². The first kappa shape index (κ1) is 26.9. The average Bonchev–Trinajstić information content (AvgIpc) is 2.82. The predicted molar refractivity (Wildman–Crippen MR) is 132 cm³/mol. The van der Waals surface area contributed by atoms with Gasteiger partial charge in [0.05, 0.1) is 11.5 Å². The first-order valence-corrected chi connectivity index (χ1v) is 13.8. The number of carbonyl (C=O) groups excluding carboxylic acids is 1. The zero-order chi connectivity index (χ0) is 25.5. The number of ether oxygens (including phenoxy) is 2. The van der Waals surface area contributed by atoms with E-state index >= 15 is 0 Å². The van der Waals surface area contributed by atoms with Gasteiger partial charge in [0.25, 0.3) is 0 Å². The smallest absolute Gasteiger partial charge is 0.410 e. The van der Waals surface area contributed by atoms with Crippen molar-refractivity contribution in [2.45, 2.75) is 56.1 Å². The van der Waals surface area contributed by atoms with Crippen LogP contribution in [0.2, 0.25) is 0 Å². The molecule has 0 radical (unpaired) electrons. The average molecular weight is 507 g/mol. The van der Waals surface area contributed by atoms with Crippen LogP contribution >= 0.6 is 0 Å². The lowest BCUT2D eigenvalue weighted by molar-refractivity contribution is 0.0805. The topological polar surface area (TPSA) is 98.9 Å². The number of likely N-dealkylation sites (tertiary alicyclic amines) is 1. The summed E-state index contributed by atoms with van der Waals surface area (Å²) >= 11 is 0. The van der Waals surface area contributed by atoms with Crippen LogP contribution < -0.4 is 10.5 Å². The van der Waals surface area contributed by atoms with E-state index in [0.717, 1.165) is 43.6 Å². The van der Waals surface area contributed by atoms with Crippen molar-refractivity contribution in [2.24, 2.45) is 11.7 Å². The van der Waals surface area contributed by atoms with Crippen LogP contribution in [0.3, 0.4) is 0 Å². The molecule has 2 aromatic rings. The second-order valence-electron chi connectivity index (χ2n) is 9.63. The number of nitrogens with zero attached hydrogens (tertiary/aromatic N) is 1. The predicted octanol–water partition coefficient (Wildman–Crippen LogP) is 4.54. The van der Waals surface area contributed by atoms with Gasteiger partial charge in [-0.3, -0.25) is 0 Å². The fraction of sp³-hybridized carbons (Fsp3) is 0.500. The molecule has 2 aromatic carbocycles. The number of rotatable bonds is 10. The Labute approximate surface area is 207 Å². The molecule has 0 bridgehead atoms. The molecule has 2 N–H and O–H groups in total. The van der Waals surface area contributed by atoms with E-state index in [-0.39, 0.29) is 30.0 Å². The Hall–Kier alpha value is -2.65. The fourth-order valence-corrected chi connectivity index (χ4v) is 4.73. The summed E-state index contributed by atoms with van der Waals surface area (Å²) in [6.45, 7) is 3.80. The van der Waals surface area contributed by atoms with Gasteiger partial charge < -0.3 is 20.1 Å². The van der Waals surface area contributed by atoms with E-state index in [1.807, 2.05) is 37.3 Å². The molecule has 9 heteroatoms. The molecule has 0 spiro atoms. The lowest BCUT2D eigenvalue weighted by atomic mass is 9.85. The third-order valence-corrected chi connectivity index (χ3v) is 7.57. The molecular weight excluding hydrogens is 471 g/mol. The first-order chi connectivity index (χ1) is 16.5. The third-order valence-electron chi connectivity index (χ3n) is 6.46. The van der Waals surface area contributed by atoms with Crippen molar-refractivity contribution in [3.05, 3.63) is 59.9 Å². The Morgan fingerprint density at radius 3 is 2.46 bits per heavy atom. The van der Waals surface area contributed by atoms with Crippen molar-refractivity contribution >= 4 is 15.9 Å². The summed E-state index contributed by atoms with van der Waals surface area (Å²) < 4.78 is 48.2. The monoisotopic (exact) mass is 506 g/mol. The molecule has 1 aliphatic rings. The van der Waals surface area contributed by atoms with E-state index in [1.165, 1.54) is 12.1 Å². The van der Waals surface area contributed by atoms with Gasteiger partial charge in [-0.2, -0.15) is 0 Å². The molecule has 1 fully saturated rings. The summed E-state index contributed by atoms with van der Waals surface area (Å²) in [5.41, 5.74) is 6.94. The fourth-order valence-electron chi connectivity index (χ4n) is 4.10. The first-order valence-electron chi connectivity index (χ1n) is 11.9. The number of sulfone groups is 1. The van der Waals surface area contributed by atoms with Gasteiger partial charge >= 0.3 is 6.09 Å². The van der Waals surface area contributed by atoms with Crippen LogP contribution in [0.1, 0.15) is 44.6 Å². The second kappa shape index (κ2) is 11.9. The summed E-state index contributed by atoms with van der Waals surface area (Å²) in [7, 11) is -3.47. The Morgan fingerprint density at radius 2 is 1.83 bits per heavy atom. The van der Waals surface area contributed by atoms with Gasteiger partial charge in [-0.15, -0.1) is 0 Å². The Balaban J connectivity index is 1.35. The van der Waals surface area contributed by atoms with E-state index in [4.69, 9.17) is 15.2 Å². The minimum absolute atomic E-state index is 0.0136. The maximum atomic E-state index is 14.2. The SMILES string of the molecule is C[C@](N)(CCOc1ccc(S(C)(=O)=O)cc1F)CCC1CCN(C(=O)OCc2ccccc2)CC1. The number of hydrogen-bond donors (Lipinski definition) is 1. The maximum Gasteiger partial charge on any atom is 0.410 e. The van der Waals surface area contributed by atoms with Gasteiger partial charge in [0.1, 0.15) is 6.61 Å². The summed E-state index contributed by atoms with van der Waals surface area (Å²) in [4.78, 5) is 14.0. The van der Waals surface area contributed by atoms with Gasteiger partial charge in [-0.25, -0.2) is 17.6 Å². The molecular formula is C26H35FN2O5S. The molecule has 1 amide bonds. The van der Waals surface area contributed by atoms with Crippen LogP contribution in [0.25, 0.3) is 0 Å². The number of benzene rings is 2. The number of amides is 1. The van der Waals surface area contributed by atoms with Crippen molar-refractivity contribution in [1.29, 1.82) is 0 Å². The number of nitrogens with two attached hydrogens (primary N) is 1. The van der Waals surface area contributed by atoms with Crippen LogP contribution in [0.4, 0.5) is 9.18 Å². The van der Waals surface area contributed by atoms with Crippen LogP contribution in [0, 0.1) is 11.7 Å². The molecule has 0 aromatic heterocycles. The van der Waals surface area contributed by atoms with E-state index in [0.29, 0.717) is 25.4 Å². The Morgan fingerprint density at radius 1 is 1.14 bits per heavy atom. The largest absolute Gasteiger partial charge is 0.490 e. The zero-order valence-corrected chi connectivity index (χ0v) is 21.2. The standard InChI is InChI=1S/C26H35FN2O5S/c1-26(28,14-17-33-24-9-8-22(18-23(24)27)35(2,31)32)13-10-20-11-15-29(16-12-20)25(30)34-19-21-6-4-3-5-7-21/h3-9,18,20H,10-17,19,28H2,1-2H3/t26-/m1/s1. The van der Waals surface area contributed by atoms with Crippen LogP contribution in [0.15, 0.2) is 53.4 Å². The number of piperidine rings is 1. The zero-order valence-electron chi connectivity index (χ0n) is 20.4. The van der Waals surface area contributed by atoms with Gasteiger partial charge in [0, 0.05) is 24.9 Å². The van der Waals surface area contributed by atoms with Crippen molar-refractivity contribution in [1.82, 2.24) is 4.90 Å². The molecule has 3 rings (SSSR count). The molecule has 35 heavy (non-hydrogen) atoms. The highest BCUT2D eigenvalue weighted by molar-refractivity contribution is 7.90. The van der Waals surface area contributed by atoms with Gasteiger partial charge in [0.2, 0.25) is 0 Å². The van der Waals surface area contributed by atoms with Gasteiger partial charge in [-0.05, 0) is 68.7 Å². The molecule has 1 aliphatic heterocycles. The number of halogens is 1. The Bertz CT molecular complexity index is 1080. The van der Waals surface area contributed by atoms with Crippen LogP contribution in [-0.2, 0) is 21.2 Å². The summed E-state index contributed by atoms with van der Waals surface area (Å²) in [6, 6.07) is 13.3. The van der Waals surface area contributed by atoms with Crippen molar-refractivity contribution in [3.8, 4) is 5.75 Å². The summed E-state index contributed by atoms with van der Waals surface area (Å²) in [5, 5.41) is 0. The second-order valence-corrected chi connectivity index (χ2v) is 11.6. The van der Waals surface area contributed by atoms with E-state index in [1.54, 1.807) is 4.90 Å². The van der Waals surface area contributed by atoms with Crippen molar-refractivity contribution < 1.29 is 27.1 Å². The van der Waals surface area contributed by atoms with Crippen molar-refractivity contribution in [2.75, 3.05) is 26.0 Å².